The van der Waals surface area contributed by atoms with Gasteiger partial charge in [0.05, 0.1) is 0 Å². The molecule has 0 aliphatic carbocycles. The summed E-state index contributed by atoms with van der Waals surface area (Å²) < 4.78 is 0. The fourth-order valence-corrected chi connectivity index (χ4v) is 0.577. The highest BCUT2D eigenvalue weighted by Crippen LogP contribution is 2.00. The molecule has 0 bridgehead atoms. The standard InChI is InChI=1S/C6H14.C4H10.C3H8.C2H6/c1-4-5-6(2)3;1-3-4-2;1-3-2;1-2/h6H,4-5H2,1-3H3;3-4H2,1-2H3;3H2,1-2H3;1-2H3. The van der Waals surface area contributed by atoms with Crippen LogP contribution in [0.5, 0.6) is 0 Å². The van der Waals surface area contributed by atoms with Gasteiger partial charge in [-0.2, -0.15) is 0 Å². The number of hydrogen-bond acceptors (Lipinski definition) is 0. The summed E-state index contributed by atoms with van der Waals surface area (Å²) >= 11 is 0. The molecule has 0 rings (SSSR count). The van der Waals surface area contributed by atoms with Crippen molar-refractivity contribution in [2.75, 3.05) is 0 Å². The van der Waals surface area contributed by atoms with Crippen LogP contribution in [0.3, 0.4) is 0 Å². The van der Waals surface area contributed by atoms with E-state index in [1.54, 1.807) is 0 Å². The molecule has 0 aromatic carbocycles. The van der Waals surface area contributed by atoms with Crippen molar-refractivity contribution in [2.45, 2.75) is 94.4 Å². The van der Waals surface area contributed by atoms with E-state index in [9.17, 15) is 0 Å². The van der Waals surface area contributed by atoms with E-state index in [1.807, 2.05) is 13.8 Å². The highest BCUT2D eigenvalue weighted by molar-refractivity contribution is 4.38. The molecule has 0 radical (unpaired) electrons. The molecular formula is C15H38. The average molecular weight is 218 g/mol. The Labute approximate surface area is 101 Å². The van der Waals surface area contributed by atoms with Gasteiger partial charge in [0, 0.05) is 0 Å². The minimum Gasteiger partial charge on any atom is -0.0683 e. The average Bonchev–Trinajstić information content (AvgIpc) is 2.22. The molecule has 0 aliphatic rings. The lowest BCUT2D eigenvalue weighted by Gasteiger charge is -1.95. The molecule has 0 saturated carbocycles. The number of rotatable bonds is 3. The third-order valence-electron chi connectivity index (χ3n) is 1.37. The molecule has 0 unspecified atom stereocenters. The second-order valence-corrected chi connectivity index (χ2v) is 3.89. The summed E-state index contributed by atoms with van der Waals surface area (Å²) in [5.41, 5.74) is 0. The minimum atomic E-state index is 0.898. The van der Waals surface area contributed by atoms with Gasteiger partial charge in [0.15, 0.2) is 0 Å². The zero-order valence-electron chi connectivity index (χ0n) is 13.1. The van der Waals surface area contributed by atoms with Crippen molar-refractivity contribution in [3.63, 3.8) is 0 Å². The SMILES string of the molecule is CC.CCC.CCCC.CCCC(C)C. The molecule has 0 N–H and O–H groups in total. The van der Waals surface area contributed by atoms with Gasteiger partial charge in [-0.05, 0) is 5.92 Å². The predicted molar refractivity (Wildman–Crippen MR) is 77.6 cm³/mol. The minimum absolute atomic E-state index is 0.898. The van der Waals surface area contributed by atoms with Gasteiger partial charge in [-0.15, -0.1) is 0 Å². The number of hydrogen-bond donors (Lipinski definition) is 0. The van der Waals surface area contributed by atoms with Crippen molar-refractivity contribution in [1.82, 2.24) is 0 Å². The normalized spacial score (nSPS) is 7.60. The van der Waals surface area contributed by atoms with Crippen LogP contribution in [-0.4, -0.2) is 0 Å². The Bertz CT molecular complexity index is 44.0. The quantitative estimate of drug-likeness (QED) is 0.495. The fourth-order valence-electron chi connectivity index (χ4n) is 0.577. The van der Waals surface area contributed by atoms with Crippen molar-refractivity contribution in [2.24, 2.45) is 5.92 Å². The first-order chi connectivity index (χ1) is 7.10. The van der Waals surface area contributed by atoms with Crippen LogP contribution in [0.25, 0.3) is 0 Å². The van der Waals surface area contributed by atoms with Gasteiger partial charge in [0.2, 0.25) is 0 Å². The highest BCUT2D eigenvalue weighted by Gasteiger charge is 1.85. The molecule has 0 heterocycles. The van der Waals surface area contributed by atoms with Crippen LogP contribution in [0.15, 0.2) is 0 Å². The summed E-state index contributed by atoms with van der Waals surface area (Å²) in [7, 11) is 0. The second kappa shape index (κ2) is 37.0. The molecule has 0 saturated heterocycles. The molecule has 0 atom stereocenters. The smallest absolute Gasteiger partial charge is 0.0471 e. The van der Waals surface area contributed by atoms with E-state index in [0.29, 0.717) is 0 Å². The summed E-state index contributed by atoms with van der Waals surface area (Å²) in [6.07, 6.45) is 6.59. The van der Waals surface area contributed by atoms with Gasteiger partial charge >= 0.3 is 0 Å². The van der Waals surface area contributed by atoms with Crippen molar-refractivity contribution in [3.05, 3.63) is 0 Å². The van der Waals surface area contributed by atoms with Crippen LogP contribution in [0.4, 0.5) is 0 Å². The van der Waals surface area contributed by atoms with Crippen molar-refractivity contribution >= 4 is 0 Å². The first kappa shape index (κ1) is 24.3. The van der Waals surface area contributed by atoms with Crippen LogP contribution in [-0.2, 0) is 0 Å². The van der Waals surface area contributed by atoms with Crippen LogP contribution >= 0.6 is 0 Å². The van der Waals surface area contributed by atoms with Crippen molar-refractivity contribution in [1.29, 1.82) is 0 Å². The van der Waals surface area contributed by atoms with Crippen LogP contribution in [0.1, 0.15) is 94.4 Å². The molecule has 0 aliphatic heterocycles. The Kier molecular flexibility index (Phi) is 59.9. The molecule has 0 aromatic rings. The molecule has 0 spiro atoms. The van der Waals surface area contributed by atoms with Gasteiger partial charge in [0.25, 0.3) is 0 Å². The Hall–Kier alpha value is 0. The summed E-state index contributed by atoms with van der Waals surface area (Å²) in [6, 6.07) is 0. The summed E-state index contributed by atoms with van der Waals surface area (Å²) in [6.45, 7) is 19.3. The predicted octanol–water partition coefficient (Wildman–Crippen LogP) is 6.69. The number of unbranched alkanes of at least 4 members (excludes halogenated alkanes) is 1. The summed E-state index contributed by atoms with van der Waals surface area (Å²) in [5.74, 6) is 0.898. The van der Waals surface area contributed by atoms with Gasteiger partial charge < -0.3 is 0 Å². The maximum absolute atomic E-state index is 2.25. The van der Waals surface area contributed by atoms with Crippen LogP contribution in [0.2, 0.25) is 0 Å². The van der Waals surface area contributed by atoms with Gasteiger partial charge in [-0.25, -0.2) is 0 Å². The lowest BCUT2D eigenvalue weighted by atomic mass is 10.1. The summed E-state index contributed by atoms with van der Waals surface area (Å²) in [4.78, 5) is 0. The van der Waals surface area contributed by atoms with Crippen molar-refractivity contribution < 1.29 is 0 Å². The van der Waals surface area contributed by atoms with E-state index in [4.69, 9.17) is 0 Å². The van der Waals surface area contributed by atoms with E-state index >= 15 is 0 Å². The maximum atomic E-state index is 2.25. The zero-order chi connectivity index (χ0) is 13.1. The lowest BCUT2D eigenvalue weighted by molar-refractivity contribution is 0.576. The second-order valence-electron chi connectivity index (χ2n) is 3.89. The van der Waals surface area contributed by atoms with Gasteiger partial charge in [-0.3, -0.25) is 0 Å². The Morgan fingerprint density at radius 1 is 0.667 bits per heavy atom. The molecule has 0 heteroatoms. The molecular weight excluding hydrogens is 180 g/mol. The Morgan fingerprint density at radius 2 is 0.933 bits per heavy atom. The first-order valence-corrected chi connectivity index (χ1v) is 7.10. The molecule has 98 valence electrons. The molecule has 0 nitrogen and oxygen atoms in total. The van der Waals surface area contributed by atoms with Crippen LogP contribution in [0, 0.1) is 5.92 Å². The fraction of sp³-hybridized carbons (Fsp3) is 1.00. The van der Waals surface area contributed by atoms with E-state index in [2.05, 4.69) is 48.5 Å². The maximum Gasteiger partial charge on any atom is -0.0471 e. The monoisotopic (exact) mass is 218 g/mol. The zero-order valence-corrected chi connectivity index (χ0v) is 13.1. The molecule has 0 aromatic heterocycles. The first-order valence-electron chi connectivity index (χ1n) is 7.10. The third kappa shape index (κ3) is 126. The molecule has 0 amide bonds. The van der Waals surface area contributed by atoms with E-state index in [-0.39, 0.29) is 0 Å². The largest absolute Gasteiger partial charge is 0.0683 e. The van der Waals surface area contributed by atoms with E-state index in [0.717, 1.165) is 5.92 Å². The van der Waals surface area contributed by atoms with Crippen LogP contribution < -0.4 is 0 Å². The van der Waals surface area contributed by atoms with E-state index in [1.165, 1.54) is 32.1 Å². The lowest BCUT2D eigenvalue weighted by Crippen LogP contribution is -1.81. The Balaban J connectivity index is -0.0000000590. The Morgan fingerprint density at radius 3 is 0.933 bits per heavy atom. The van der Waals surface area contributed by atoms with Gasteiger partial charge in [-0.1, -0.05) is 94.4 Å². The van der Waals surface area contributed by atoms with E-state index < -0.39 is 0 Å². The van der Waals surface area contributed by atoms with Gasteiger partial charge in [0.1, 0.15) is 0 Å². The van der Waals surface area contributed by atoms with Crippen molar-refractivity contribution in [3.8, 4) is 0 Å². The summed E-state index contributed by atoms with van der Waals surface area (Å²) in [5, 5.41) is 0. The third-order valence-corrected chi connectivity index (χ3v) is 1.37. The molecule has 0 fully saturated rings. The molecule has 15 heavy (non-hydrogen) atoms. The topological polar surface area (TPSA) is 0 Å². The highest BCUT2D eigenvalue weighted by atomic mass is 13.9.